The fraction of sp³-hybridized carbons (Fsp3) is 0.730. The van der Waals surface area contributed by atoms with E-state index in [1.807, 2.05) is 18.4 Å². The van der Waals surface area contributed by atoms with Gasteiger partial charge in [0.2, 0.25) is 17.7 Å². The van der Waals surface area contributed by atoms with Crippen molar-refractivity contribution in [3.63, 3.8) is 0 Å². The second-order valence-corrected chi connectivity index (χ2v) is 15.9. The SMILES string of the molecule is CSC(CCCCNC(=O)CCCCCN)[C@H](N)C(=O)NCCOc1cc(CS)c(CS)cc1OCCNC(=O)CCCCCNC(=O)N(N)SCCCCN. The van der Waals surface area contributed by atoms with E-state index in [0.717, 1.165) is 85.5 Å². The van der Waals surface area contributed by atoms with Crippen LogP contribution in [0.3, 0.4) is 0 Å². The average molecular weight is 864 g/mol. The molecule has 1 aromatic rings. The van der Waals surface area contributed by atoms with Crippen molar-refractivity contribution < 1.29 is 28.7 Å². The third kappa shape index (κ3) is 23.8. The second kappa shape index (κ2) is 33.7. The fourth-order valence-electron chi connectivity index (χ4n) is 5.39. The second-order valence-electron chi connectivity index (χ2n) is 13.2. The molecule has 0 aromatic heterocycles. The van der Waals surface area contributed by atoms with Gasteiger partial charge in [-0.2, -0.15) is 37.0 Å². The van der Waals surface area contributed by atoms with E-state index in [1.165, 1.54) is 11.9 Å². The molecule has 0 aliphatic heterocycles. The van der Waals surface area contributed by atoms with Crippen LogP contribution in [0.2, 0.25) is 0 Å². The number of hydrogen-bond acceptors (Lipinski definition) is 14. The molecule has 12 N–H and O–H groups in total. The van der Waals surface area contributed by atoms with Gasteiger partial charge in [-0.3, -0.25) is 14.4 Å². The summed E-state index contributed by atoms with van der Waals surface area (Å²) in [6.45, 7) is 3.33. The van der Waals surface area contributed by atoms with Crippen LogP contribution in [0.4, 0.5) is 4.79 Å². The number of thiol groups is 2. The quantitative estimate of drug-likeness (QED) is 0.0120. The minimum atomic E-state index is -0.682. The smallest absolute Gasteiger partial charge is 0.342 e. The van der Waals surface area contributed by atoms with Gasteiger partial charge in [0.15, 0.2) is 11.5 Å². The van der Waals surface area contributed by atoms with Crippen molar-refractivity contribution in [1.82, 2.24) is 25.7 Å². The molecule has 0 saturated heterocycles. The number of hydrogen-bond donors (Lipinski definition) is 10. The number of nitrogens with one attached hydrogen (secondary N) is 4. The minimum absolute atomic E-state index is 0.0566. The number of rotatable bonds is 34. The van der Waals surface area contributed by atoms with Crippen molar-refractivity contribution in [3.05, 3.63) is 23.3 Å². The molecule has 0 heterocycles. The van der Waals surface area contributed by atoms with Gasteiger partial charge < -0.3 is 47.9 Å². The van der Waals surface area contributed by atoms with Gasteiger partial charge in [-0.25, -0.2) is 15.1 Å². The highest BCUT2D eigenvalue weighted by molar-refractivity contribution is 7.99. The summed E-state index contributed by atoms with van der Waals surface area (Å²) < 4.78 is 13.2. The van der Waals surface area contributed by atoms with Gasteiger partial charge in [0, 0.05) is 48.4 Å². The highest BCUT2D eigenvalue weighted by atomic mass is 32.2. The molecular formula is C37H69N9O6S4. The topological polar surface area (TPSA) is 242 Å². The number of carbonyl (C=O) groups excluding carboxylic acids is 4. The summed E-state index contributed by atoms with van der Waals surface area (Å²) >= 11 is 11.7. The highest BCUT2D eigenvalue weighted by Gasteiger charge is 2.23. The zero-order valence-corrected chi connectivity index (χ0v) is 36.6. The molecule has 1 aromatic carbocycles. The van der Waals surface area contributed by atoms with E-state index >= 15 is 0 Å². The third-order valence-corrected chi connectivity index (χ3v) is 11.4. The van der Waals surface area contributed by atoms with Gasteiger partial charge in [0.05, 0.1) is 19.1 Å². The summed E-state index contributed by atoms with van der Waals surface area (Å²) in [6, 6.07) is 2.71. The number of benzene rings is 1. The first-order valence-corrected chi connectivity index (χ1v) is 23.2. The first kappa shape index (κ1) is 51.8. The molecule has 1 rings (SSSR count). The van der Waals surface area contributed by atoms with Crippen molar-refractivity contribution in [3.8, 4) is 11.5 Å². The van der Waals surface area contributed by atoms with Crippen LogP contribution in [0, 0.1) is 0 Å². The Bertz CT molecular complexity index is 1260. The van der Waals surface area contributed by atoms with Crippen LogP contribution in [-0.2, 0) is 25.9 Å². The van der Waals surface area contributed by atoms with E-state index in [0.29, 0.717) is 75.0 Å². The number of ether oxygens (including phenoxy) is 2. The number of unbranched alkanes of at least 4 members (excludes halogenated alkanes) is 6. The van der Waals surface area contributed by atoms with Gasteiger partial charge in [0.25, 0.3) is 0 Å². The van der Waals surface area contributed by atoms with Crippen molar-refractivity contribution >= 4 is 72.7 Å². The van der Waals surface area contributed by atoms with Gasteiger partial charge in [-0.1, -0.05) is 19.3 Å². The zero-order valence-electron chi connectivity index (χ0n) is 33.2. The Labute approximate surface area is 354 Å². The monoisotopic (exact) mass is 863 g/mol. The largest absolute Gasteiger partial charge is 0.488 e. The predicted octanol–water partition coefficient (Wildman–Crippen LogP) is 3.23. The number of amides is 5. The maximum atomic E-state index is 12.9. The number of hydrazine groups is 1. The maximum absolute atomic E-state index is 12.9. The summed E-state index contributed by atoms with van der Waals surface area (Å²) in [4.78, 5) is 49.3. The molecule has 0 fully saturated rings. The highest BCUT2D eigenvalue weighted by Crippen LogP contribution is 2.32. The van der Waals surface area contributed by atoms with Crippen molar-refractivity contribution in [1.29, 1.82) is 0 Å². The van der Waals surface area contributed by atoms with E-state index in [9.17, 15) is 19.2 Å². The Morgan fingerprint density at radius 1 is 0.714 bits per heavy atom. The van der Waals surface area contributed by atoms with Crippen LogP contribution in [0.15, 0.2) is 12.1 Å². The molecule has 322 valence electrons. The molecular weight excluding hydrogens is 795 g/mol. The summed E-state index contributed by atoms with van der Waals surface area (Å²) in [7, 11) is 0. The molecule has 0 aliphatic rings. The van der Waals surface area contributed by atoms with E-state index in [4.69, 9.17) is 32.5 Å². The Morgan fingerprint density at radius 2 is 1.23 bits per heavy atom. The lowest BCUT2D eigenvalue weighted by molar-refractivity contribution is -0.122. The van der Waals surface area contributed by atoms with Gasteiger partial charge >= 0.3 is 6.03 Å². The molecule has 5 amide bonds. The van der Waals surface area contributed by atoms with E-state index in [2.05, 4.69) is 46.5 Å². The van der Waals surface area contributed by atoms with Crippen molar-refractivity contribution in [2.75, 3.05) is 64.5 Å². The fourth-order valence-corrected chi connectivity index (χ4v) is 7.51. The number of nitrogens with zero attached hydrogens (tertiary/aromatic N) is 1. The molecule has 2 atom stereocenters. The molecule has 1 unspecified atom stereocenters. The minimum Gasteiger partial charge on any atom is -0.488 e. The average Bonchev–Trinajstić information content (AvgIpc) is 3.20. The molecule has 0 radical (unpaired) electrons. The molecule has 0 aliphatic carbocycles. The molecule has 0 spiro atoms. The van der Waals surface area contributed by atoms with Crippen LogP contribution in [0.1, 0.15) is 94.6 Å². The number of nitrogens with two attached hydrogens (primary N) is 4. The Morgan fingerprint density at radius 3 is 1.80 bits per heavy atom. The van der Waals surface area contributed by atoms with Crippen LogP contribution >= 0.6 is 49.0 Å². The van der Waals surface area contributed by atoms with Crippen LogP contribution in [0.5, 0.6) is 11.5 Å². The predicted molar refractivity (Wildman–Crippen MR) is 237 cm³/mol. The van der Waals surface area contributed by atoms with Crippen LogP contribution in [0.25, 0.3) is 0 Å². The van der Waals surface area contributed by atoms with Gasteiger partial charge in [-0.05, 0) is 106 Å². The molecule has 15 nitrogen and oxygen atoms in total. The van der Waals surface area contributed by atoms with E-state index < -0.39 is 6.04 Å². The first-order chi connectivity index (χ1) is 27.1. The maximum Gasteiger partial charge on any atom is 0.342 e. The number of urea groups is 1. The standard InChI is InChI=1S/C37H69N9O6S4/c1-55-32(12-6-10-17-42-33(47)13-4-2-7-15-38)35(40)36(49)44-20-22-52-31-25-29(27-54)28(26-53)24-30(31)51-21-19-43-34(48)14-5-3-9-18-45-37(50)46(41)56-23-11-8-16-39/h24-25,32,35,53-54H,2-23,26-27,38-41H2,1H3,(H,42,47)(H,43,48)(H,44,49)(H,45,50)/t32?,35-/m0/s1. The Kier molecular flexibility index (Phi) is 31.1. The van der Waals surface area contributed by atoms with Crippen LogP contribution in [-0.4, -0.2) is 104 Å². The van der Waals surface area contributed by atoms with Gasteiger partial charge in [0.1, 0.15) is 13.2 Å². The third-order valence-electron chi connectivity index (χ3n) is 8.68. The summed E-state index contributed by atoms with van der Waals surface area (Å²) in [5.41, 5.74) is 19.2. The van der Waals surface area contributed by atoms with Crippen molar-refractivity contribution in [2.24, 2.45) is 23.0 Å². The lowest BCUT2D eigenvalue weighted by atomic mass is 10.1. The Hall–Kier alpha value is -2.26. The number of thioether (sulfide) groups is 1. The summed E-state index contributed by atoms with van der Waals surface area (Å²) in [5.74, 6) is 8.20. The van der Waals surface area contributed by atoms with Gasteiger partial charge in [-0.15, -0.1) is 0 Å². The zero-order chi connectivity index (χ0) is 41.4. The lowest BCUT2D eigenvalue weighted by Gasteiger charge is -2.22. The first-order valence-electron chi connectivity index (χ1n) is 19.7. The normalized spacial score (nSPS) is 12.1. The van der Waals surface area contributed by atoms with E-state index in [1.54, 1.807) is 11.8 Å². The summed E-state index contributed by atoms with van der Waals surface area (Å²) in [6.07, 6.45) is 12.0. The molecule has 56 heavy (non-hydrogen) atoms. The summed E-state index contributed by atoms with van der Waals surface area (Å²) in [5, 5.41) is 11.4. The number of carbonyl (C=O) groups is 4. The van der Waals surface area contributed by atoms with Crippen molar-refractivity contribution in [2.45, 2.75) is 106 Å². The molecule has 0 bridgehead atoms. The molecule has 19 heteroatoms. The van der Waals surface area contributed by atoms with E-state index in [-0.39, 0.29) is 48.8 Å². The molecule has 0 saturated carbocycles. The van der Waals surface area contributed by atoms with Crippen LogP contribution < -0.4 is 53.8 Å². The Balaban J connectivity index is 2.42. The lowest BCUT2D eigenvalue weighted by Crippen LogP contribution is -2.48.